The minimum absolute atomic E-state index is 0.134. The largest absolute Gasteiger partial charge is 0.467 e. The van der Waals surface area contributed by atoms with Crippen molar-refractivity contribution in [1.29, 1.82) is 0 Å². The number of urea groups is 1. The van der Waals surface area contributed by atoms with Gasteiger partial charge in [-0.3, -0.25) is 4.79 Å². The summed E-state index contributed by atoms with van der Waals surface area (Å²) >= 11 is 0. The Kier molecular flexibility index (Phi) is 5.76. The molecule has 0 aliphatic carbocycles. The molecule has 0 saturated heterocycles. The molecule has 0 atom stereocenters. The zero-order valence-corrected chi connectivity index (χ0v) is 10.6. The van der Waals surface area contributed by atoms with Crippen molar-refractivity contribution in [3.05, 3.63) is 24.2 Å². The maximum Gasteiger partial charge on any atom is 0.315 e. The number of amides is 2. The van der Waals surface area contributed by atoms with Crippen molar-refractivity contribution in [2.45, 2.75) is 32.9 Å². The molecular weight excluding hydrogens is 236 g/mol. The Labute approximate surface area is 106 Å². The second kappa shape index (κ2) is 7.37. The van der Waals surface area contributed by atoms with Gasteiger partial charge < -0.3 is 19.8 Å². The maximum atomic E-state index is 11.3. The standard InChI is InChI=1S/C12H18N2O4/c1-9(2)18-11(15)5-6-13-12(16)14-8-10-4-3-7-17-10/h3-4,7,9H,5-6,8H2,1-2H3,(H2,13,14,16). The highest BCUT2D eigenvalue weighted by molar-refractivity contribution is 5.75. The first-order chi connectivity index (χ1) is 8.58. The van der Waals surface area contributed by atoms with Crippen LogP contribution in [0.5, 0.6) is 0 Å². The molecule has 2 N–H and O–H groups in total. The quantitative estimate of drug-likeness (QED) is 0.752. The highest BCUT2D eigenvalue weighted by Gasteiger charge is 2.06. The summed E-state index contributed by atoms with van der Waals surface area (Å²) in [6.07, 6.45) is 1.56. The zero-order valence-electron chi connectivity index (χ0n) is 10.6. The first kappa shape index (κ1) is 14.1. The molecule has 1 rings (SSSR count). The van der Waals surface area contributed by atoms with Crippen LogP contribution in [0.15, 0.2) is 22.8 Å². The maximum absolute atomic E-state index is 11.3. The number of ether oxygens (including phenoxy) is 1. The van der Waals surface area contributed by atoms with Crippen LogP contribution in [0.25, 0.3) is 0 Å². The van der Waals surface area contributed by atoms with Crippen molar-refractivity contribution in [3.8, 4) is 0 Å². The second-order valence-corrected chi connectivity index (χ2v) is 3.98. The molecule has 0 radical (unpaired) electrons. The van der Waals surface area contributed by atoms with Crippen molar-refractivity contribution in [2.24, 2.45) is 0 Å². The van der Waals surface area contributed by atoms with Gasteiger partial charge in [-0.15, -0.1) is 0 Å². The third-order valence-corrected chi connectivity index (χ3v) is 1.99. The van der Waals surface area contributed by atoms with E-state index in [4.69, 9.17) is 9.15 Å². The fourth-order valence-corrected chi connectivity index (χ4v) is 1.24. The molecule has 0 aliphatic rings. The zero-order chi connectivity index (χ0) is 13.4. The number of hydrogen-bond donors (Lipinski definition) is 2. The Balaban J connectivity index is 2.08. The van der Waals surface area contributed by atoms with Crippen LogP contribution in [0.4, 0.5) is 4.79 Å². The van der Waals surface area contributed by atoms with E-state index in [2.05, 4.69) is 10.6 Å². The van der Waals surface area contributed by atoms with Gasteiger partial charge in [-0.05, 0) is 26.0 Å². The van der Waals surface area contributed by atoms with Gasteiger partial charge in [0.05, 0.1) is 25.3 Å². The Morgan fingerprint density at radius 2 is 2.17 bits per heavy atom. The van der Waals surface area contributed by atoms with Crippen LogP contribution in [-0.4, -0.2) is 24.6 Å². The van der Waals surface area contributed by atoms with E-state index < -0.39 is 0 Å². The van der Waals surface area contributed by atoms with Crippen LogP contribution in [-0.2, 0) is 16.1 Å². The molecule has 1 aromatic rings. The van der Waals surface area contributed by atoms with Crippen molar-refractivity contribution >= 4 is 12.0 Å². The number of furan rings is 1. The summed E-state index contributed by atoms with van der Waals surface area (Å²) in [5.74, 6) is 0.348. The SMILES string of the molecule is CC(C)OC(=O)CCNC(=O)NCc1ccco1. The third kappa shape index (κ3) is 5.93. The van der Waals surface area contributed by atoms with Crippen LogP contribution in [0.2, 0.25) is 0 Å². The van der Waals surface area contributed by atoms with Gasteiger partial charge >= 0.3 is 12.0 Å². The van der Waals surface area contributed by atoms with Crippen LogP contribution in [0.1, 0.15) is 26.0 Å². The predicted octanol–water partition coefficient (Wildman–Crippen LogP) is 1.42. The van der Waals surface area contributed by atoms with E-state index >= 15 is 0 Å². The second-order valence-electron chi connectivity index (χ2n) is 3.98. The van der Waals surface area contributed by atoms with E-state index in [9.17, 15) is 9.59 Å². The molecule has 0 aliphatic heterocycles. The van der Waals surface area contributed by atoms with Crippen molar-refractivity contribution in [2.75, 3.05) is 6.54 Å². The molecule has 0 saturated carbocycles. The first-order valence-corrected chi connectivity index (χ1v) is 5.81. The minimum Gasteiger partial charge on any atom is -0.467 e. The predicted molar refractivity (Wildman–Crippen MR) is 64.8 cm³/mol. The van der Waals surface area contributed by atoms with Crippen molar-refractivity contribution < 1.29 is 18.7 Å². The molecule has 18 heavy (non-hydrogen) atoms. The van der Waals surface area contributed by atoms with Gasteiger partial charge in [0.1, 0.15) is 5.76 Å². The summed E-state index contributed by atoms with van der Waals surface area (Å²) in [5, 5.41) is 5.16. The van der Waals surface area contributed by atoms with E-state index in [1.165, 1.54) is 6.26 Å². The van der Waals surface area contributed by atoms with Gasteiger partial charge in [-0.2, -0.15) is 0 Å². The van der Waals surface area contributed by atoms with Gasteiger partial charge in [0.15, 0.2) is 0 Å². The minimum atomic E-state index is -0.344. The van der Waals surface area contributed by atoms with Gasteiger partial charge in [-0.1, -0.05) is 0 Å². The Bertz CT molecular complexity index is 373. The lowest BCUT2D eigenvalue weighted by Crippen LogP contribution is -2.36. The number of hydrogen-bond acceptors (Lipinski definition) is 4. The molecular formula is C12H18N2O4. The first-order valence-electron chi connectivity index (χ1n) is 5.81. The van der Waals surface area contributed by atoms with E-state index in [0.29, 0.717) is 12.3 Å². The molecule has 0 aromatic carbocycles. The summed E-state index contributed by atoms with van der Waals surface area (Å²) in [6.45, 7) is 4.12. The lowest BCUT2D eigenvalue weighted by atomic mass is 10.4. The molecule has 6 nitrogen and oxygen atoms in total. The highest BCUT2D eigenvalue weighted by Crippen LogP contribution is 1.98. The molecule has 0 bridgehead atoms. The average molecular weight is 254 g/mol. The molecule has 2 amide bonds. The summed E-state index contributed by atoms with van der Waals surface area (Å²) < 4.78 is 9.98. The van der Waals surface area contributed by atoms with E-state index in [1.54, 1.807) is 26.0 Å². The topological polar surface area (TPSA) is 80.6 Å². The highest BCUT2D eigenvalue weighted by atomic mass is 16.5. The normalized spacial score (nSPS) is 10.2. The monoisotopic (exact) mass is 254 g/mol. The fraction of sp³-hybridized carbons (Fsp3) is 0.500. The molecule has 1 aromatic heterocycles. The van der Waals surface area contributed by atoms with Gasteiger partial charge in [0.25, 0.3) is 0 Å². The number of carbonyl (C=O) groups is 2. The number of esters is 1. The molecule has 0 fully saturated rings. The Hall–Kier alpha value is -1.98. The summed E-state index contributed by atoms with van der Waals surface area (Å²) in [6, 6.07) is 3.17. The van der Waals surface area contributed by atoms with Crippen LogP contribution in [0, 0.1) is 0 Å². The van der Waals surface area contributed by atoms with E-state index in [0.717, 1.165) is 0 Å². The van der Waals surface area contributed by atoms with E-state index in [1.807, 2.05) is 0 Å². The van der Waals surface area contributed by atoms with Crippen LogP contribution in [0.3, 0.4) is 0 Å². The Morgan fingerprint density at radius 1 is 1.39 bits per heavy atom. The summed E-state index contributed by atoms with van der Waals surface area (Å²) in [5.41, 5.74) is 0. The molecule has 100 valence electrons. The van der Waals surface area contributed by atoms with Crippen molar-refractivity contribution in [1.82, 2.24) is 10.6 Å². The molecule has 0 unspecified atom stereocenters. The van der Waals surface area contributed by atoms with E-state index in [-0.39, 0.29) is 31.1 Å². The molecule has 6 heteroatoms. The number of nitrogens with one attached hydrogen (secondary N) is 2. The van der Waals surface area contributed by atoms with Crippen LogP contribution >= 0.6 is 0 Å². The van der Waals surface area contributed by atoms with Crippen molar-refractivity contribution in [3.63, 3.8) is 0 Å². The molecule has 0 spiro atoms. The fourth-order valence-electron chi connectivity index (χ4n) is 1.24. The average Bonchev–Trinajstić information content (AvgIpc) is 2.78. The van der Waals surface area contributed by atoms with Gasteiger partial charge in [0.2, 0.25) is 0 Å². The molecule has 1 heterocycles. The summed E-state index contributed by atoms with van der Waals surface area (Å²) in [4.78, 5) is 22.5. The lowest BCUT2D eigenvalue weighted by Gasteiger charge is -2.08. The summed E-state index contributed by atoms with van der Waals surface area (Å²) in [7, 11) is 0. The van der Waals surface area contributed by atoms with Crippen LogP contribution < -0.4 is 10.6 Å². The van der Waals surface area contributed by atoms with Gasteiger partial charge in [-0.25, -0.2) is 4.79 Å². The number of carbonyl (C=O) groups excluding carboxylic acids is 2. The van der Waals surface area contributed by atoms with Gasteiger partial charge in [0, 0.05) is 6.54 Å². The third-order valence-electron chi connectivity index (χ3n) is 1.99. The smallest absolute Gasteiger partial charge is 0.315 e. The Morgan fingerprint density at radius 3 is 2.78 bits per heavy atom. The number of rotatable bonds is 6. The lowest BCUT2D eigenvalue weighted by molar-refractivity contribution is -0.147.